The molecule has 2 heterocycles. The lowest BCUT2D eigenvalue weighted by molar-refractivity contribution is -0.120. The fraction of sp³-hybridized carbons (Fsp3) is 0.0952. The number of fused-ring (bicyclic) bond motifs is 1. The van der Waals surface area contributed by atoms with Crippen molar-refractivity contribution in [3.05, 3.63) is 72.9 Å². The molecule has 31 heavy (non-hydrogen) atoms. The number of benzene rings is 2. The van der Waals surface area contributed by atoms with Crippen molar-refractivity contribution in [3.8, 4) is 0 Å². The largest absolute Gasteiger partial charge is 0.326 e. The second-order valence-electron chi connectivity index (χ2n) is 6.69. The first-order valence-corrected chi connectivity index (χ1v) is 11.7. The zero-order chi connectivity index (χ0) is 21.8. The standard InChI is InChI=1S/C21H18N4O4S2/c26-20(13-18-21(27)24-16-5-1-2-6-17(16)30-18)23-14-8-10-15(11-9-14)31(28,29)25-19-7-3-4-12-22-19/h1-12,18H,13H2,(H,22,25)(H,23,26)(H,24,27)/t18-/m1/s1. The van der Waals surface area contributed by atoms with Gasteiger partial charge < -0.3 is 10.6 Å². The zero-order valence-corrected chi connectivity index (χ0v) is 17.7. The summed E-state index contributed by atoms with van der Waals surface area (Å²) in [5.41, 5.74) is 1.17. The Hall–Kier alpha value is -3.37. The molecule has 0 saturated heterocycles. The summed E-state index contributed by atoms with van der Waals surface area (Å²) in [6, 6.07) is 18.1. The fourth-order valence-electron chi connectivity index (χ4n) is 2.94. The molecule has 1 aromatic heterocycles. The maximum atomic E-state index is 12.4. The third-order valence-corrected chi connectivity index (χ3v) is 7.08. The molecule has 3 aromatic rings. The van der Waals surface area contributed by atoms with Crippen LogP contribution >= 0.6 is 11.8 Å². The minimum atomic E-state index is -3.80. The molecule has 0 radical (unpaired) electrons. The summed E-state index contributed by atoms with van der Waals surface area (Å²) in [4.78, 5) is 29.6. The van der Waals surface area contributed by atoms with Crippen molar-refractivity contribution in [2.45, 2.75) is 21.5 Å². The lowest BCUT2D eigenvalue weighted by Crippen LogP contribution is -2.32. The number of para-hydroxylation sites is 1. The Bertz CT molecular complexity index is 1220. The Kier molecular flexibility index (Phi) is 5.92. The summed E-state index contributed by atoms with van der Waals surface area (Å²) in [5.74, 6) is -0.347. The molecule has 0 bridgehead atoms. The van der Waals surface area contributed by atoms with Crippen LogP contribution in [-0.2, 0) is 19.6 Å². The smallest absolute Gasteiger partial charge is 0.263 e. The zero-order valence-electron chi connectivity index (χ0n) is 16.1. The number of carbonyl (C=O) groups excluding carboxylic acids is 2. The number of aromatic nitrogens is 1. The molecule has 3 N–H and O–H groups in total. The number of nitrogens with one attached hydrogen (secondary N) is 3. The quantitative estimate of drug-likeness (QED) is 0.526. The number of carbonyl (C=O) groups is 2. The van der Waals surface area contributed by atoms with Crippen LogP contribution in [0.25, 0.3) is 0 Å². The molecule has 1 atom stereocenters. The molecule has 8 nitrogen and oxygen atoms in total. The first-order chi connectivity index (χ1) is 14.9. The van der Waals surface area contributed by atoms with Gasteiger partial charge in [0.1, 0.15) is 5.82 Å². The van der Waals surface area contributed by atoms with Crippen LogP contribution in [0.5, 0.6) is 0 Å². The monoisotopic (exact) mass is 454 g/mol. The minimum Gasteiger partial charge on any atom is -0.326 e. The summed E-state index contributed by atoms with van der Waals surface area (Å²) < 4.78 is 27.3. The minimum absolute atomic E-state index is 0.00782. The number of hydrogen-bond donors (Lipinski definition) is 3. The number of anilines is 3. The Morgan fingerprint density at radius 3 is 2.52 bits per heavy atom. The summed E-state index contributed by atoms with van der Waals surface area (Å²) >= 11 is 1.34. The third kappa shape index (κ3) is 5.04. The molecular weight excluding hydrogens is 436 g/mol. The molecule has 0 aliphatic carbocycles. The summed E-state index contributed by atoms with van der Waals surface area (Å²) in [7, 11) is -3.80. The maximum absolute atomic E-state index is 12.4. The molecule has 0 spiro atoms. The molecule has 2 amide bonds. The van der Waals surface area contributed by atoms with Gasteiger partial charge in [0.05, 0.1) is 15.8 Å². The average molecular weight is 455 g/mol. The van der Waals surface area contributed by atoms with Crippen molar-refractivity contribution < 1.29 is 18.0 Å². The van der Waals surface area contributed by atoms with Gasteiger partial charge in [0.25, 0.3) is 10.0 Å². The molecule has 158 valence electrons. The van der Waals surface area contributed by atoms with Crippen LogP contribution in [0.3, 0.4) is 0 Å². The van der Waals surface area contributed by atoms with E-state index in [1.54, 1.807) is 18.2 Å². The molecule has 0 unspecified atom stereocenters. The van der Waals surface area contributed by atoms with Gasteiger partial charge in [-0.25, -0.2) is 13.4 Å². The average Bonchev–Trinajstić information content (AvgIpc) is 2.75. The predicted octanol–water partition coefficient (Wildman–Crippen LogP) is 3.32. The lowest BCUT2D eigenvalue weighted by atomic mass is 10.2. The van der Waals surface area contributed by atoms with Gasteiger partial charge in [-0.15, -0.1) is 11.8 Å². The molecule has 4 rings (SSSR count). The number of thioether (sulfide) groups is 1. The molecular formula is C21H18N4O4S2. The summed E-state index contributed by atoms with van der Waals surface area (Å²) in [6.07, 6.45) is 1.48. The van der Waals surface area contributed by atoms with E-state index in [1.165, 1.54) is 42.2 Å². The van der Waals surface area contributed by atoms with Gasteiger partial charge in [0, 0.05) is 23.2 Å². The highest BCUT2D eigenvalue weighted by molar-refractivity contribution is 8.01. The molecule has 10 heteroatoms. The first-order valence-electron chi connectivity index (χ1n) is 9.31. The molecule has 2 aromatic carbocycles. The van der Waals surface area contributed by atoms with E-state index < -0.39 is 15.3 Å². The number of sulfonamides is 1. The van der Waals surface area contributed by atoms with E-state index in [1.807, 2.05) is 24.3 Å². The van der Waals surface area contributed by atoms with Crippen LogP contribution < -0.4 is 15.4 Å². The van der Waals surface area contributed by atoms with E-state index in [-0.39, 0.29) is 28.9 Å². The maximum Gasteiger partial charge on any atom is 0.263 e. The number of pyridine rings is 1. The fourth-order valence-corrected chi connectivity index (χ4v) is 5.06. The second kappa shape index (κ2) is 8.78. The third-order valence-electron chi connectivity index (χ3n) is 4.43. The highest BCUT2D eigenvalue weighted by atomic mass is 32.2. The molecule has 1 aliphatic rings. The van der Waals surface area contributed by atoms with Crippen molar-refractivity contribution in [2.75, 3.05) is 15.4 Å². The van der Waals surface area contributed by atoms with E-state index in [4.69, 9.17) is 0 Å². The normalized spacial score (nSPS) is 15.5. The van der Waals surface area contributed by atoms with Crippen LogP contribution in [0.4, 0.5) is 17.2 Å². The van der Waals surface area contributed by atoms with Gasteiger partial charge in [0.2, 0.25) is 11.8 Å². The summed E-state index contributed by atoms with van der Waals surface area (Å²) in [6.45, 7) is 0. The van der Waals surface area contributed by atoms with E-state index in [9.17, 15) is 18.0 Å². The van der Waals surface area contributed by atoms with Crippen LogP contribution in [0.2, 0.25) is 0 Å². The molecule has 0 fully saturated rings. The van der Waals surface area contributed by atoms with E-state index in [0.29, 0.717) is 5.69 Å². The van der Waals surface area contributed by atoms with Crippen LogP contribution in [0, 0.1) is 0 Å². The number of nitrogens with zero attached hydrogens (tertiary/aromatic N) is 1. The van der Waals surface area contributed by atoms with Gasteiger partial charge in [-0.05, 0) is 48.5 Å². The topological polar surface area (TPSA) is 117 Å². The highest BCUT2D eigenvalue weighted by Crippen LogP contribution is 2.36. The van der Waals surface area contributed by atoms with E-state index >= 15 is 0 Å². The number of rotatable bonds is 6. The Morgan fingerprint density at radius 1 is 1.03 bits per heavy atom. The van der Waals surface area contributed by atoms with Crippen molar-refractivity contribution in [1.29, 1.82) is 0 Å². The van der Waals surface area contributed by atoms with Gasteiger partial charge in [-0.3, -0.25) is 14.3 Å². The van der Waals surface area contributed by atoms with Gasteiger partial charge in [0.15, 0.2) is 0 Å². The van der Waals surface area contributed by atoms with Crippen LogP contribution in [0.1, 0.15) is 6.42 Å². The molecule has 1 aliphatic heterocycles. The van der Waals surface area contributed by atoms with Gasteiger partial charge in [-0.2, -0.15) is 0 Å². The Balaban J connectivity index is 1.38. The van der Waals surface area contributed by atoms with Gasteiger partial charge >= 0.3 is 0 Å². The molecule has 0 saturated carbocycles. The highest BCUT2D eigenvalue weighted by Gasteiger charge is 2.28. The van der Waals surface area contributed by atoms with Crippen molar-refractivity contribution in [2.24, 2.45) is 0 Å². The van der Waals surface area contributed by atoms with E-state index in [2.05, 4.69) is 20.3 Å². The van der Waals surface area contributed by atoms with Crippen molar-refractivity contribution in [3.63, 3.8) is 0 Å². The SMILES string of the molecule is O=C(C[C@H]1Sc2ccccc2NC1=O)Nc1ccc(S(=O)(=O)Nc2ccccn2)cc1. The second-order valence-corrected chi connectivity index (χ2v) is 9.62. The van der Waals surface area contributed by atoms with Crippen LogP contribution in [-0.4, -0.2) is 30.5 Å². The van der Waals surface area contributed by atoms with Gasteiger partial charge in [-0.1, -0.05) is 18.2 Å². The van der Waals surface area contributed by atoms with E-state index in [0.717, 1.165) is 10.6 Å². The Labute approximate surface area is 183 Å². The predicted molar refractivity (Wildman–Crippen MR) is 119 cm³/mol. The Morgan fingerprint density at radius 2 is 1.77 bits per heavy atom. The number of amides is 2. The summed E-state index contributed by atoms with van der Waals surface area (Å²) in [5, 5.41) is 4.96. The van der Waals surface area contributed by atoms with Crippen molar-refractivity contribution in [1.82, 2.24) is 4.98 Å². The number of hydrogen-bond acceptors (Lipinski definition) is 6. The van der Waals surface area contributed by atoms with Crippen molar-refractivity contribution >= 4 is 50.8 Å². The lowest BCUT2D eigenvalue weighted by Gasteiger charge is -2.23. The van der Waals surface area contributed by atoms with Crippen LogP contribution in [0.15, 0.2) is 82.7 Å². The first kappa shape index (κ1) is 20.9.